The fourth-order valence-electron chi connectivity index (χ4n) is 1.91. The Bertz CT molecular complexity index is 672. The molecule has 1 heterocycles. The topological polar surface area (TPSA) is 54.3 Å². The molecule has 2 N–H and O–H groups in total. The van der Waals surface area contributed by atoms with Crippen LogP contribution in [-0.4, -0.2) is 12.5 Å². The second-order valence-corrected chi connectivity index (χ2v) is 5.26. The van der Waals surface area contributed by atoms with Crippen LogP contribution in [0.4, 0.5) is 18.9 Å². The molecule has 0 radical (unpaired) electrons. The highest BCUT2D eigenvalue weighted by Crippen LogP contribution is 2.33. The van der Waals surface area contributed by atoms with Gasteiger partial charge in [0.15, 0.2) is 0 Å². The van der Waals surface area contributed by atoms with Crippen LogP contribution < -0.4 is 10.6 Å². The fraction of sp³-hybridized carbons (Fsp3) is 0.267. The minimum Gasteiger partial charge on any atom is -0.467 e. The van der Waals surface area contributed by atoms with E-state index in [2.05, 4.69) is 10.6 Å². The van der Waals surface area contributed by atoms with E-state index in [9.17, 15) is 18.0 Å². The number of nitrogens with one attached hydrogen (secondary N) is 2. The third-order valence-corrected chi connectivity index (χ3v) is 3.40. The quantitative estimate of drug-likeness (QED) is 0.851. The first-order valence-electron chi connectivity index (χ1n) is 6.71. The molecule has 23 heavy (non-hydrogen) atoms. The van der Waals surface area contributed by atoms with E-state index in [0.717, 1.165) is 12.1 Å². The van der Waals surface area contributed by atoms with Crippen molar-refractivity contribution in [3.8, 4) is 0 Å². The van der Waals surface area contributed by atoms with E-state index < -0.39 is 11.7 Å². The summed E-state index contributed by atoms with van der Waals surface area (Å²) in [6.45, 7) is 1.62. The zero-order chi connectivity index (χ0) is 17.0. The molecule has 8 heteroatoms. The summed E-state index contributed by atoms with van der Waals surface area (Å²) >= 11 is 5.80. The van der Waals surface area contributed by atoms with Crippen molar-refractivity contribution in [3.05, 3.63) is 52.9 Å². The van der Waals surface area contributed by atoms with Crippen LogP contribution >= 0.6 is 11.6 Å². The average molecular weight is 347 g/mol. The van der Waals surface area contributed by atoms with Gasteiger partial charge in [-0.1, -0.05) is 11.6 Å². The van der Waals surface area contributed by atoms with E-state index in [1.54, 1.807) is 19.1 Å². The van der Waals surface area contributed by atoms with Gasteiger partial charge in [0, 0.05) is 0 Å². The van der Waals surface area contributed by atoms with Gasteiger partial charge in [-0.2, -0.15) is 13.2 Å². The lowest BCUT2D eigenvalue weighted by atomic mass is 10.2. The summed E-state index contributed by atoms with van der Waals surface area (Å²) in [5.41, 5.74) is -0.593. The number of anilines is 1. The van der Waals surface area contributed by atoms with Crippen molar-refractivity contribution < 1.29 is 22.4 Å². The van der Waals surface area contributed by atoms with Crippen LogP contribution in [0, 0.1) is 0 Å². The highest BCUT2D eigenvalue weighted by atomic mass is 35.5. The summed E-state index contributed by atoms with van der Waals surface area (Å²) < 4.78 is 42.8. The molecule has 124 valence electrons. The van der Waals surface area contributed by atoms with Crippen LogP contribution in [0.5, 0.6) is 0 Å². The third-order valence-electron chi connectivity index (χ3n) is 3.08. The molecular formula is C15H14ClF3N2O2. The first-order chi connectivity index (χ1) is 10.8. The molecule has 0 aliphatic rings. The van der Waals surface area contributed by atoms with Crippen LogP contribution in [0.1, 0.15) is 24.3 Å². The second kappa shape index (κ2) is 6.95. The Morgan fingerprint density at radius 2 is 2.09 bits per heavy atom. The molecule has 4 nitrogen and oxygen atoms in total. The summed E-state index contributed by atoms with van der Waals surface area (Å²) in [6, 6.07) is 6.02. The van der Waals surface area contributed by atoms with Crippen molar-refractivity contribution in [1.29, 1.82) is 0 Å². The number of rotatable bonds is 5. The summed E-state index contributed by atoms with van der Waals surface area (Å²) in [6.07, 6.45) is -2.96. The Labute approximate surface area is 135 Å². The second-order valence-electron chi connectivity index (χ2n) is 4.85. The van der Waals surface area contributed by atoms with E-state index in [0.29, 0.717) is 5.76 Å². The number of hydrogen-bond donors (Lipinski definition) is 2. The van der Waals surface area contributed by atoms with Gasteiger partial charge in [-0.15, -0.1) is 0 Å². The molecule has 0 fully saturated rings. The van der Waals surface area contributed by atoms with Crippen molar-refractivity contribution in [2.75, 3.05) is 11.9 Å². The molecule has 1 unspecified atom stereocenters. The number of halogens is 4. The van der Waals surface area contributed by atoms with Crippen molar-refractivity contribution in [2.45, 2.75) is 19.1 Å². The molecule has 0 aliphatic carbocycles. The maximum atomic E-state index is 12.5. The van der Waals surface area contributed by atoms with Gasteiger partial charge in [-0.05, 0) is 37.3 Å². The number of furan rings is 1. The first-order valence-corrected chi connectivity index (χ1v) is 7.08. The third kappa shape index (κ3) is 4.66. The Morgan fingerprint density at radius 1 is 1.35 bits per heavy atom. The van der Waals surface area contributed by atoms with Crippen molar-refractivity contribution >= 4 is 23.2 Å². The lowest BCUT2D eigenvalue weighted by Gasteiger charge is -2.14. The highest BCUT2D eigenvalue weighted by Gasteiger charge is 2.30. The van der Waals surface area contributed by atoms with Gasteiger partial charge in [0.1, 0.15) is 5.76 Å². The first kappa shape index (κ1) is 17.2. The van der Waals surface area contributed by atoms with Crippen molar-refractivity contribution in [3.63, 3.8) is 0 Å². The van der Waals surface area contributed by atoms with Crippen LogP contribution in [0.15, 0.2) is 41.0 Å². The smallest absolute Gasteiger partial charge is 0.416 e. The van der Waals surface area contributed by atoms with E-state index in [1.807, 2.05) is 0 Å². The largest absolute Gasteiger partial charge is 0.467 e. The minimum atomic E-state index is -4.46. The average Bonchev–Trinajstić information content (AvgIpc) is 2.99. The molecule has 0 bridgehead atoms. The molecule has 2 rings (SSSR count). The monoisotopic (exact) mass is 346 g/mol. The summed E-state index contributed by atoms with van der Waals surface area (Å²) in [5.74, 6) is 0.260. The predicted octanol–water partition coefficient (Wildman–Crippen LogP) is 4.24. The molecule has 1 amide bonds. The van der Waals surface area contributed by atoms with Gasteiger partial charge in [-0.3, -0.25) is 4.79 Å². The molecule has 0 aliphatic heterocycles. The number of hydrogen-bond acceptors (Lipinski definition) is 3. The van der Waals surface area contributed by atoms with Gasteiger partial charge in [0.25, 0.3) is 0 Å². The van der Waals surface area contributed by atoms with E-state index in [4.69, 9.17) is 16.0 Å². The molecule has 0 saturated heterocycles. The van der Waals surface area contributed by atoms with Gasteiger partial charge in [0.2, 0.25) is 5.91 Å². The summed E-state index contributed by atoms with van der Waals surface area (Å²) in [4.78, 5) is 11.8. The highest BCUT2D eigenvalue weighted by molar-refractivity contribution is 6.33. The number of alkyl halides is 3. The zero-order valence-electron chi connectivity index (χ0n) is 12.1. The van der Waals surface area contributed by atoms with Crippen LogP contribution in [-0.2, 0) is 11.0 Å². The fourth-order valence-corrected chi connectivity index (χ4v) is 2.16. The molecule has 1 atom stereocenters. The van der Waals surface area contributed by atoms with Crippen LogP contribution in [0.25, 0.3) is 0 Å². The summed E-state index contributed by atoms with van der Waals surface area (Å²) in [7, 11) is 0. The SMILES string of the molecule is CC(NC(=O)CNc1ccc(C(F)(F)F)cc1Cl)c1ccco1. The Balaban J connectivity index is 1.92. The van der Waals surface area contributed by atoms with E-state index in [1.165, 1.54) is 12.3 Å². The number of amides is 1. The van der Waals surface area contributed by atoms with Crippen molar-refractivity contribution in [2.24, 2.45) is 0 Å². The van der Waals surface area contributed by atoms with Crippen LogP contribution in [0.2, 0.25) is 5.02 Å². The molecule has 1 aromatic heterocycles. The minimum absolute atomic E-state index is 0.105. The lowest BCUT2D eigenvalue weighted by molar-refractivity contribution is -0.137. The molecule has 2 aromatic rings. The van der Waals surface area contributed by atoms with Gasteiger partial charge < -0.3 is 15.1 Å². The number of benzene rings is 1. The number of carbonyl (C=O) groups excluding carboxylic acids is 1. The Hall–Kier alpha value is -2.15. The predicted molar refractivity (Wildman–Crippen MR) is 80.2 cm³/mol. The molecule has 0 spiro atoms. The Morgan fingerprint density at radius 3 is 2.65 bits per heavy atom. The molecule has 1 aromatic carbocycles. The standard InChI is InChI=1S/C15H14ClF3N2O2/c1-9(13-3-2-6-23-13)21-14(22)8-20-12-5-4-10(7-11(12)16)15(17,18)19/h2-7,9,20H,8H2,1H3,(H,21,22). The molecule has 0 saturated carbocycles. The normalized spacial score (nSPS) is 12.7. The van der Waals surface area contributed by atoms with Crippen molar-refractivity contribution in [1.82, 2.24) is 5.32 Å². The van der Waals surface area contributed by atoms with Gasteiger partial charge in [0.05, 0.1) is 35.1 Å². The Kier molecular flexibility index (Phi) is 5.20. The lowest BCUT2D eigenvalue weighted by Crippen LogP contribution is -2.31. The van der Waals surface area contributed by atoms with Gasteiger partial charge >= 0.3 is 6.18 Å². The zero-order valence-corrected chi connectivity index (χ0v) is 12.8. The van der Waals surface area contributed by atoms with Crippen LogP contribution in [0.3, 0.4) is 0 Å². The number of carbonyl (C=O) groups is 1. The molecular weight excluding hydrogens is 333 g/mol. The van der Waals surface area contributed by atoms with Gasteiger partial charge in [-0.25, -0.2) is 0 Å². The van der Waals surface area contributed by atoms with E-state index >= 15 is 0 Å². The van der Waals surface area contributed by atoms with E-state index in [-0.39, 0.29) is 29.2 Å². The maximum absolute atomic E-state index is 12.5. The maximum Gasteiger partial charge on any atom is 0.416 e. The summed E-state index contributed by atoms with van der Waals surface area (Å²) in [5, 5.41) is 5.28.